The highest BCUT2D eigenvalue weighted by Gasteiger charge is 2.41. The molecule has 3 aromatic rings. The van der Waals surface area contributed by atoms with Crippen molar-refractivity contribution in [1.82, 2.24) is 9.97 Å². The van der Waals surface area contributed by atoms with Crippen molar-refractivity contribution in [2.24, 2.45) is 11.8 Å². The van der Waals surface area contributed by atoms with Gasteiger partial charge in [0.25, 0.3) is 0 Å². The minimum Gasteiger partial charge on any atom is -0.469 e. The van der Waals surface area contributed by atoms with E-state index in [1.54, 1.807) is 0 Å². The number of benzene rings is 2. The maximum Gasteiger partial charge on any atom is 0.309 e. The van der Waals surface area contributed by atoms with Crippen molar-refractivity contribution in [1.29, 1.82) is 0 Å². The topological polar surface area (TPSA) is 87.7 Å². The summed E-state index contributed by atoms with van der Waals surface area (Å²) >= 11 is 6.07. The number of carbonyl (C=O) groups is 1. The largest absolute Gasteiger partial charge is 0.469 e. The Kier molecular flexibility index (Phi) is 6.97. The Bertz CT molecular complexity index is 1350. The Morgan fingerprint density at radius 2 is 1.71 bits per heavy atom. The van der Waals surface area contributed by atoms with Crippen LogP contribution < -0.4 is 15.1 Å². The number of nitrogens with zero attached hydrogens (tertiary/aromatic N) is 4. The summed E-state index contributed by atoms with van der Waals surface area (Å²) in [6, 6.07) is 15.7. The molecule has 3 aliphatic heterocycles. The smallest absolute Gasteiger partial charge is 0.309 e. The molecule has 10 heteroatoms. The van der Waals surface area contributed by atoms with Crippen LogP contribution in [0.5, 0.6) is 0 Å². The summed E-state index contributed by atoms with van der Waals surface area (Å²) in [6.07, 6.45) is 1.88. The molecule has 1 N–H and O–H groups in total. The number of hydrogen-bond acceptors (Lipinski definition) is 8. The summed E-state index contributed by atoms with van der Waals surface area (Å²) < 4.78 is 17.8. The number of aryl methyl sites for hydroxylation is 1. The van der Waals surface area contributed by atoms with Gasteiger partial charge in [0.05, 0.1) is 30.0 Å². The van der Waals surface area contributed by atoms with Crippen molar-refractivity contribution in [3.63, 3.8) is 0 Å². The standard InChI is InChI=1S/C28H30ClN5O3S/c1-37-25(35)13-18-4-8-22(9-5-18)30-27-26-24(3-2-12-38(26)36)31-28(32-27)34-16-19-14-33(15-20(19)17-34)23-10-6-21(29)7-11-23/h4-11,19-20H,2-3,12-17H2,1H3,(H,30,31,32)/t19-,20+,38-/m1/s1. The molecule has 2 fully saturated rings. The monoisotopic (exact) mass is 551 g/mol. The maximum absolute atomic E-state index is 13.0. The van der Waals surface area contributed by atoms with Gasteiger partial charge in [0, 0.05) is 60.2 Å². The Labute approximate surface area is 229 Å². The van der Waals surface area contributed by atoms with Gasteiger partial charge in [-0.25, -0.2) is 4.98 Å². The van der Waals surface area contributed by atoms with Gasteiger partial charge >= 0.3 is 5.97 Å². The molecule has 2 saturated heterocycles. The van der Waals surface area contributed by atoms with Crippen LogP contribution in [0.4, 0.5) is 23.1 Å². The number of hydrogen-bond donors (Lipinski definition) is 1. The number of halogens is 1. The summed E-state index contributed by atoms with van der Waals surface area (Å²) in [7, 11) is 0.247. The molecule has 0 saturated carbocycles. The fraction of sp³-hybridized carbons (Fsp3) is 0.393. The summed E-state index contributed by atoms with van der Waals surface area (Å²) in [5, 5.41) is 4.15. The van der Waals surface area contributed by atoms with E-state index in [0.29, 0.717) is 34.3 Å². The van der Waals surface area contributed by atoms with Gasteiger partial charge in [0.1, 0.15) is 4.90 Å². The molecule has 0 unspecified atom stereocenters. The number of esters is 1. The Balaban J connectivity index is 1.21. The molecule has 2 aromatic carbocycles. The summed E-state index contributed by atoms with van der Waals surface area (Å²) in [4.78, 5) is 26.9. The van der Waals surface area contributed by atoms with Gasteiger partial charge in [-0.05, 0) is 54.8 Å². The van der Waals surface area contributed by atoms with Gasteiger partial charge in [-0.3, -0.25) is 9.00 Å². The predicted molar refractivity (Wildman–Crippen MR) is 150 cm³/mol. The number of ether oxygens (including phenoxy) is 1. The van der Waals surface area contributed by atoms with E-state index in [4.69, 9.17) is 26.3 Å². The average Bonchev–Trinajstić information content (AvgIpc) is 3.50. The van der Waals surface area contributed by atoms with Gasteiger partial charge in [-0.1, -0.05) is 23.7 Å². The first-order valence-corrected chi connectivity index (χ1v) is 14.6. The van der Waals surface area contributed by atoms with Gasteiger partial charge in [-0.15, -0.1) is 0 Å². The number of nitrogens with one attached hydrogen (secondary N) is 1. The van der Waals surface area contributed by atoms with Gasteiger partial charge in [0.2, 0.25) is 5.95 Å². The van der Waals surface area contributed by atoms with Gasteiger partial charge < -0.3 is 19.9 Å². The van der Waals surface area contributed by atoms with Crippen LogP contribution >= 0.6 is 11.6 Å². The van der Waals surface area contributed by atoms with E-state index >= 15 is 0 Å². The number of methoxy groups -OCH3 is 1. The van der Waals surface area contributed by atoms with E-state index in [-0.39, 0.29) is 12.4 Å². The third-order valence-electron chi connectivity index (χ3n) is 7.65. The van der Waals surface area contributed by atoms with E-state index in [1.165, 1.54) is 12.8 Å². The maximum atomic E-state index is 13.0. The lowest BCUT2D eigenvalue weighted by atomic mass is 10.0. The number of aromatic nitrogens is 2. The van der Waals surface area contributed by atoms with Crippen molar-refractivity contribution in [2.75, 3.05) is 54.2 Å². The second-order valence-corrected chi connectivity index (χ2v) is 12.1. The van der Waals surface area contributed by atoms with E-state index in [0.717, 1.165) is 61.0 Å². The SMILES string of the molecule is COC(=O)Cc1ccc(Nc2nc(N3C[C@H]4CN(c5ccc(Cl)cc5)C[C@H]4C3)nc3c2[S@](=O)CCC3)cc1. The molecule has 0 radical (unpaired) electrons. The highest BCUT2D eigenvalue weighted by molar-refractivity contribution is 7.85. The molecule has 0 bridgehead atoms. The minimum atomic E-state index is -1.14. The average molecular weight is 552 g/mol. The lowest BCUT2D eigenvalue weighted by Gasteiger charge is -2.25. The van der Waals surface area contributed by atoms with Crippen LogP contribution in [0.3, 0.4) is 0 Å². The van der Waals surface area contributed by atoms with Crippen LogP contribution in [0.15, 0.2) is 53.4 Å². The second kappa shape index (κ2) is 10.5. The minimum absolute atomic E-state index is 0.223. The fourth-order valence-electron chi connectivity index (χ4n) is 5.69. The third-order valence-corrected chi connectivity index (χ3v) is 9.44. The molecule has 38 heavy (non-hydrogen) atoms. The van der Waals surface area contributed by atoms with E-state index in [9.17, 15) is 9.00 Å². The molecule has 1 aromatic heterocycles. The summed E-state index contributed by atoms with van der Waals surface area (Å²) in [5.74, 6) is 2.75. The summed E-state index contributed by atoms with van der Waals surface area (Å²) in [5.41, 5.74) is 3.79. The zero-order chi connectivity index (χ0) is 26.2. The first-order chi connectivity index (χ1) is 18.5. The van der Waals surface area contributed by atoms with Crippen molar-refractivity contribution >= 4 is 51.5 Å². The fourth-order valence-corrected chi connectivity index (χ4v) is 7.15. The zero-order valence-electron chi connectivity index (χ0n) is 21.2. The highest BCUT2D eigenvalue weighted by Crippen LogP contribution is 2.37. The normalized spacial score (nSPS) is 22.2. The molecule has 3 atom stereocenters. The van der Waals surface area contributed by atoms with Crippen molar-refractivity contribution in [3.8, 4) is 0 Å². The molecule has 0 amide bonds. The summed E-state index contributed by atoms with van der Waals surface area (Å²) in [6.45, 7) is 3.80. The van der Waals surface area contributed by atoms with Crippen molar-refractivity contribution in [2.45, 2.75) is 24.2 Å². The van der Waals surface area contributed by atoms with Crippen LogP contribution in [0, 0.1) is 11.8 Å². The number of carbonyl (C=O) groups excluding carboxylic acids is 1. The van der Waals surface area contributed by atoms with Crippen LogP contribution in [0.25, 0.3) is 0 Å². The third kappa shape index (κ3) is 5.09. The molecule has 4 heterocycles. The van der Waals surface area contributed by atoms with Crippen LogP contribution in [-0.4, -0.2) is 59.2 Å². The lowest BCUT2D eigenvalue weighted by molar-refractivity contribution is -0.139. The molecular weight excluding hydrogens is 522 g/mol. The molecular formula is C28H30ClN5O3S. The van der Waals surface area contributed by atoms with E-state index in [1.807, 2.05) is 36.4 Å². The molecule has 198 valence electrons. The number of anilines is 4. The van der Waals surface area contributed by atoms with Crippen molar-refractivity contribution < 1.29 is 13.7 Å². The van der Waals surface area contributed by atoms with Crippen LogP contribution in [0.1, 0.15) is 17.7 Å². The molecule has 8 nitrogen and oxygen atoms in total. The molecule has 0 spiro atoms. The van der Waals surface area contributed by atoms with E-state index in [2.05, 4.69) is 27.2 Å². The number of rotatable bonds is 6. The van der Waals surface area contributed by atoms with Crippen LogP contribution in [-0.2, 0) is 33.2 Å². The Morgan fingerprint density at radius 1 is 1.03 bits per heavy atom. The van der Waals surface area contributed by atoms with E-state index < -0.39 is 10.8 Å². The second-order valence-electron chi connectivity index (χ2n) is 10.2. The molecule has 0 aliphatic carbocycles. The molecule has 6 rings (SSSR count). The Hall–Kier alpha value is -3.17. The first-order valence-electron chi connectivity index (χ1n) is 12.9. The first kappa shape index (κ1) is 25.1. The highest BCUT2D eigenvalue weighted by atomic mass is 35.5. The van der Waals surface area contributed by atoms with Crippen molar-refractivity contribution in [3.05, 3.63) is 64.8 Å². The Morgan fingerprint density at radius 3 is 2.39 bits per heavy atom. The zero-order valence-corrected chi connectivity index (χ0v) is 22.8. The number of fused-ring (bicyclic) bond motifs is 2. The quantitative estimate of drug-likeness (QED) is 0.456. The van der Waals surface area contributed by atoms with Gasteiger partial charge in [0.15, 0.2) is 5.82 Å². The lowest BCUT2D eigenvalue weighted by Crippen LogP contribution is -2.30. The predicted octanol–water partition coefficient (Wildman–Crippen LogP) is 4.22. The molecule has 3 aliphatic rings. The van der Waals surface area contributed by atoms with Gasteiger partial charge in [-0.2, -0.15) is 4.98 Å². The van der Waals surface area contributed by atoms with Crippen LogP contribution in [0.2, 0.25) is 5.02 Å².